The van der Waals surface area contributed by atoms with Crippen molar-refractivity contribution in [2.45, 2.75) is 38.6 Å². The molecule has 7 nitrogen and oxygen atoms in total. The van der Waals surface area contributed by atoms with E-state index in [-0.39, 0.29) is 0 Å². The Kier molecular flexibility index (Phi) is 9.17. The van der Waals surface area contributed by atoms with Gasteiger partial charge in [0.2, 0.25) is 5.16 Å². The molecule has 0 amide bonds. The van der Waals surface area contributed by atoms with Crippen LogP contribution < -0.4 is 14.8 Å². The van der Waals surface area contributed by atoms with Gasteiger partial charge in [0.1, 0.15) is 6.61 Å². The van der Waals surface area contributed by atoms with E-state index in [0.717, 1.165) is 57.5 Å². The van der Waals surface area contributed by atoms with E-state index in [4.69, 9.17) is 9.47 Å². The standard InChI is InChI=1S/C22H28BrN5O2S/c1-4-29-20-12-18(14-24-10-5-11-31-22-25-26-27-28(22)3)19(23)13-21(20)30-15-17-8-6-16(2)7-9-17/h6-9,12-13,24H,4-5,10-11,14-15H2,1-3H3. The predicted octanol–water partition coefficient (Wildman–Crippen LogP) is 4.53. The Morgan fingerprint density at radius 1 is 1.13 bits per heavy atom. The van der Waals surface area contributed by atoms with E-state index in [9.17, 15) is 0 Å². The summed E-state index contributed by atoms with van der Waals surface area (Å²) in [6.07, 6.45) is 1.02. The molecule has 166 valence electrons. The van der Waals surface area contributed by atoms with Gasteiger partial charge in [0.15, 0.2) is 11.5 Å². The first-order chi connectivity index (χ1) is 15.1. The van der Waals surface area contributed by atoms with Crippen LogP contribution in [0.25, 0.3) is 0 Å². The monoisotopic (exact) mass is 505 g/mol. The summed E-state index contributed by atoms with van der Waals surface area (Å²) in [4.78, 5) is 0. The van der Waals surface area contributed by atoms with Gasteiger partial charge in [-0.15, -0.1) is 5.10 Å². The van der Waals surface area contributed by atoms with Crippen LogP contribution in [0.15, 0.2) is 46.0 Å². The van der Waals surface area contributed by atoms with Crippen LogP contribution in [0.3, 0.4) is 0 Å². The average molecular weight is 506 g/mol. The van der Waals surface area contributed by atoms with Crippen molar-refractivity contribution in [3.05, 3.63) is 57.6 Å². The Bertz CT molecular complexity index is 965. The SMILES string of the molecule is CCOc1cc(CNCCCSc2nnnn2C)c(Br)cc1OCc1ccc(C)cc1. The molecule has 0 spiro atoms. The third kappa shape index (κ3) is 7.22. The Hall–Kier alpha value is -2.10. The van der Waals surface area contributed by atoms with Crippen LogP contribution in [-0.2, 0) is 20.2 Å². The first-order valence-corrected chi connectivity index (χ1v) is 12.0. The van der Waals surface area contributed by atoms with Crippen LogP contribution in [0, 0.1) is 6.92 Å². The Morgan fingerprint density at radius 2 is 1.90 bits per heavy atom. The van der Waals surface area contributed by atoms with Crippen LogP contribution >= 0.6 is 27.7 Å². The van der Waals surface area contributed by atoms with Gasteiger partial charge < -0.3 is 14.8 Å². The van der Waals surface area contributed by atoms with Crippen molar-refractivity contribution in [1.82, 2.24) is 25.5 Å². The lowest BCUT2D eigenvalue weighted by molar-refractivity contribution is 0.269. The molecule has 31 heavy (non-hydrogen) atoms. The molecular weight excluding hydrogens is 478 g/mol. The number of hydrogen-bond acceptors (Lipinski definition) is 7. The second-order valence-electron chi connectivity index (χ2n) is 7.06. The number of rotatable bonds is 12. The number of thioether (sulfide) groups is 1. The van der Waals surface area contributed by atoms with E-state index in [1.54, 1.807) is 16.4 Å². The highest BCUT2D eigenvalue weighted by Gasteiger charge is 2.11. The Labute approximate surface area is 196 Å². The fraction of sp³-hybridized carbons (Fsp3) is 0.409. The highest BCUT2D eigenvalue weighted by Crippen LogP contribution is 2.34. The minimum Gasteiger partial charge on any atom is -0.490 e. The maximum Gasteiger partial charge on any atom is 0.209 e. The van der Waals surface area contributed by atoms with E-state index in [0.29, 0.717) is 13.2 Å². The molecule has 3 rings (SSSR count). The molecule has 2 aromatic carbocycles. The number of nitrogens with one attached hydrogen (secondary N) is 1. The number of aryl methyl sites for hydroxylation is 2. The summed E-state index contributed by atoms with van der Waals surface area (Å²) in [6, 6.07) is 12.4. The van der Waals surface area contributed by atoms with Crippen molar-refractivity contribution in [3.63, 3.8) is 0 Å². The number of benzene rings is 2. The molecule has 0 aliphatic heterocycles. The van der Waals surface area contributed by atoms with Crippen LogP contribution in [0.1, 0.15) is 30.0 Å². The second-order valence-corrected chi connectivity index (χ2v) is 8.98. The summed E-state index contributed by atoms with van der Waals surface area (Å²) in [5, 5.41) is 15.8. The van der Waals surface area contributed by atoms with Crippen molar-refractivity contribution in [2.75, 3.05) is 18.9 Å². The third-order valence-electron chi connectivity index (χ3n) is 4.55. The van der Waals surface area contributed by atoms with Gasteiger partial charge in [-0.1, -0.05) is 57.5 Å². The van der Waals surface area contributed by atoms with E-state index in [2.05, 4.69) is 68.0 Å². The number of ether oxygens (including phenoxy) is 2. The minimum atomic E-state index is 0.503. The maximum atomic E-state index is 6.06. The second kappa shape index (κ2) is 12.1. The predicted molar refractivity (Wildman–Crippen MR) is 127 cm³/mol. The number of hydrogen-bond donors (Lipinski definition) is 1. The molecule has 0 unspecified atom stereocenters. The van der Waals surface area contributed by atoms with E-state index in [1.807, 2.05) is 26.1 Å². The summed E-state index contributed by atoms with van der Waals surface area (Å²) < 4.78 is 14.6. The highest BCUT2D eigenvalue weighted by molar-refractivity contribution is 9.10. The fourth-order valence-electron chi connectivity index (χ4n) is 2.87. The van der Waals surface area contributed by atoms with Gasteiger partial charge in [-0.05, 0) is 60.5 Å². The lowest BCUT2D eigenvalue weighted by atomic mass is 10.1. The van der Waals surface area contributed by atoms with Crippen LogP contribution in [-0.4, -0.2) is 39.1 Å². The van der Waals surface area contributed by atoms with Crippen molar-refractivity contribution in [2.24, 2.45) is 7.05 Å². The molecular formula is C22H28BrN5O2S. The van der Waals surface area contributed by atoms with E-state index >= 15 is 0 Å². The zero-order valence-electron chi connectivity index (χ0n) is 18.1. The molecule has 1 heterocycles. The molecule has 0 aliphatic carbocycles. The van der Waals surface area contributed by atoms with Crippen LogP contribution in [0.2, 0.25) is 0 Å². The lowest BCUT2D eigenvalue weighted by Gasteiger charge is -2.15. The molecule has 0 fully saturated rings. The van der Waals surface area contributed by atoms with Gasteiger partial charge in [-0.25, -0.2) is 4.68 Å². The molecule has 0 saturated carbocycles. The first kappa shape index (κ1) is 23.6. The largest absolute Gasteiger partial charge is 0.490 e. The summed E-state index contributed by atoms with van der Waals surface area (Å²) in [5.41, 5.74) is 3.50. The van der Waals surface area contributed by atoms with Gasteiger partial charge in [0.25, 0.3) is 0 Å². The Morgan fingerprint density at radius 3 is 2.61 bits per heavy atom. The molecule has 1 N–H and O–H groups in total. The minimum absolute atomic E-state index is 0.503. The average Bonchev–Trinajstić information content (AvgIpc) is 3.17. The number of aromatic nitrogens is 4. The van der Waals surface area contributed by atoms with Crippen molar-refractivity contribution < 1.29 is 9.47 Å². The van der Waals surface area contributed by atoms with Crippen molar-refractivity contribution >= 4 is 27.7 Å². The number of halogens is 1. The summed E-state index contributed by atoms with van der Waals surface area (Å²) in [5.74, 6) is 2.46. The molecule has 0 atom stereocenters. The van der Waals surface area contributed by atoms with Gasteiger partial charge >= 0.3 is 0 Å². The van der Waals surface area contributed by atoms with E-state index < -0.39 is 0 Å². The first-order valence-electron chi connectivity index (χ1n) is 10.3. The molecule has 0 bridgehead atoms. The normalized spacial score (nSPS) is 11.0. The molecule has 3 aromatic rings. The highest BCUT2D eigenvalue weighted by atomic mass is 79.9. The number of nitrogens with zero attached hydrogens (tertiary/aromatic N) is 4. The molecule has 0 radical (unpaired) electrons. The smallest absolute Gasteiger partial charge is 0.209 e. The number of tetrazole rings is 1. The van der Waals surface area contributed by atoms with Crippen LogP contribution in [0.4, 0.5) is 0 Å². The van der Waals surface area contributed by atoms with Crippen molar-refractivity contribution in [3.8, 4) is 11.5 Å². The van der Waals surface area contributed by atoms with Crippen LogP contribution in [0.5, 0.6) is 11.5 Å². The summed E-state index contributed by atoms with van der Waals surface area (Å²) in [7, 11) is 1.85. The summed E-state index contributed by atoms with van der Waals surface area (Å²) in [6.45, 7) is 6.80. The molecule has 9 heteroatoms. The van der Waals surface area contributed by atoms with Crippen molar-refractivity contribution in [1.29, 1.82) is 0 Å². The quantitative estimate of drug-likeness (QED) is 0.286. The van der Waals surface area contributed by atoms with E-state index in [1.165, 1.54) is 5.56 Å². The topological polar surface area (TPSA) is 74.1 Å². The summed E-state index contributed by atoms with van der Waals surface area (Å²) >= 11 is 5.34. The lowest BCUT2D eigenvalue weighted by Crippen LogP contribution is -2.16. The fourth-order valence-corrected chi connectivity index (χ4v) is 4.12. The molecule has 0 aliphatic rings. The Balaban J connectivity index is 1.51. The third-order valence-corrected chi connectivity index (χ3v) is 6.39. The maximum absolute atomic E-state index is 6.06. The van der Waals surface area contributed by atoms with Gasteiger partial charge in [-0.2, -0.15) is 0 Å². The van der Waals surface area contributed by atoms with Gasteiger partial charge in [0.05, 0.1) is 6.61 Å². The zero-order valence-corrected chi connectivity index (χ0v) is 20.5. The van der Waals surface area contributed by atoms with Gasteiger partial charge in [0, 0.05) is 23.8 Å². The zero-order chi connectivity index (χ0) is 22.1. The molecule has 1 aromatic heterocycles. The van der Waals surface area contributed by atoms with Gasteiger partial charge in [-0.3, -0.25) is 0 Å². The molecule has 0 saturated heterocycles.